The molecule has 2 aromatic rings. The second-order valence-electron chi connectivity index (χ2n) is 5.73. The van der Waals surface area contributed by atoms with E-state index >= 15 is 0 Å². The van der Waals surface area contributed by atoms with E-state index in [4.69, 9.17) is 0 Å². The molecule has 134 valence electrons. The van der Waals surface area contributed by atoms with Crippen LogP contribution < -0.4 is 9.62 Å². The van der Waals surface area contributed by atoms with Crippen LogP contribution in [0.25, 0.3) is 0 Å². The van der Waals surface area contributed by atoms with Gasteiger partial charge < -0.3 is 5.32 Å². The number of hydrogen-bond acceptors (Lipinski definition) is 3. The summed E-state index contributed by atoms with van der Waals surface area (Å²) in [5, 5.41) is 2.67. The number of para-hydroxylation sites is 1. The van der Waals surface area contributed by atoms with Gasteiger partial charge >= 0.3 is 0 Å². The molecule has 0 bridgehead atoms. The summed E-state index contributed by atoms with van der Waals surface area (Å²) in [6.07, 6.45) is 1.82. The molecule has 0 heterocycles. The molecule has 0 aliphatic rings. The predicted octanol–water partition coefficient (Wildman–Crippen LogP) is 3.18. The van der Waals surface area contributed by atoms with Crippen molar-refractivity contribution in [2.75, 3.05) is 15.9 Å². The van der Waals surface area contributed by atoms with Crippen molar-refractivity contribution in [2.45, 2.75) is 26.3 Å². The number of carbonyl (C=O) groups is 1. The predicted molar refractivity (Wildman–Crippen MR) is 97.6 cm³/mol. The summed E-state index contributed by atoms with van der Waals surface area (Å²) in [5.74, 6) is -1.25. The van der Waals surface area contributed by atoms with E-state index in [0.717, 1.165) is 28.6 Å². The third kappa shape index (κ3) is 4.57. The van der Waals surface area contributed by atoms with E-state index in [-0.39, 0.29) is 5.69 Å². The van der Waals surface area contributed by atoms with E-state index in [1.165, 1.54) is 25.1 Å². The summed E-state index contributed by atoms with van der Waals surface area (Å²) in [6.45, 7) is 3.44. The number of amides is 1. The Morgan fingerprint density at radius 1 is 1.16 bits per heavy atom. The topological polar surface area (TPSA) is 66.5 Å². The highest BCUT2D eigenvalue weighted by Gasteiger charge is 2.30. The molecule has 0 saturated carbocycles. The van der Waals surface area contributed by atoms with E-state index < -0.39 is 27.8 Å². The fourth-order valence-electron chi connectivity index (χ4n) is 2.48. The number of halogens is 1. The highest BCUT2D eigenvalue weighted by Crippen LogP contribution is 2.24. The second-order valence-corrected chi connectivity index (χ2v) is 7.59. The Hall–Kier alpha value is -2.41. The average molecular weight is 364 g/mol. The van der Waals surface area contributed by atoms with Gasteiger partial charge in [-0.2, -0.15) is 0 Å². The third-order valence-electron chi connectivity index (χ3n) is 3.81. The third-order valence-corrected chi connectivity index (χ3v) is 5.04. The van der Waals surface area contributed by atoms with Gasteiger partial charge in [0.2, 0.25) is 15.9 Å². The maximum absolute atomic E-state index is 14.1. The molecule has 1 N–H and O–H groups in total. The highest BCUT2D eigenvalue weighted by molar-refractivity contribution is 7.92. The molecule has 5 nitrogen and oxygen atoms in total. The van der Waals surface area contributed by atoms with Crippen LogP contribution in [0.4, 0.5) is 15.8 Å². The monoisotopic (exact) mass is 364 g/mol. The lowest BCUT2D eigenvalue weighted by molar-refractivity contribution is -0.116. The fourth-order valence-corrected chi connectivity index (χ4v) is 3.66. The number of sulfonamides is 1. The van der Waals surface area contributed by atoms with Crippen LogP contribution in [0.15, 0.2) is 48.5 Å². The molecule has 0 aromatic heterocycles. The van der Waals surface area contributed by atoms with Gasteiger partial charge in [-0.25, -0.2) is 12.8 Å². The van der Waals surface area contributed by atoms with Crippen LogP contribution >= 0.6 is 0 Å². The molecule has 7 heteroatoms. The molecule has 0 aliphatic carbocycles. The molecule has 1 amide bonds. The van der Waals surface area contributed by atoms with Gasteiger partial charge in [0.05, 0.1) is 11.9 Å². The van der Waals surface area contributed by atoms with E-state index in [1.807, 2.05) is 19.1 Å². The van der Waals surface area contributed by atoms with Gasteiger partial charge in [0.1, 0.15) is 11.9 Å². The number of nitrogens with zero attached hydrogens (tertiary/aromatic N) is 1. The normalized spacial score (nSPS) is 12.5. The SMILES string of the molecule is CCc1ccc(NC(=O)[C@H](C)N(c2ccccc2F)S(C)(=O)=O)cc1. The van der Waals surface area contributed by atoms with Crippen molar-refractivity contribution in [3.8, 4) is 0 Å². The molecule has 0 aliphatic heterocycles. The summed E-state index contributed by atoms with van der Waals surface area (Å²) < 4.78 is 39.1. The van der Waals surface area contributed by atoms with E-state index in [1.54, 1.807) is 12.1 Å². The summed E-state index contributed by atoms with van der Waals surface area (Å²) in [4.78, 5) is 12.5. The molecule has 2 rings (SSSR count). The van der Waals surface area contributed by atoms with E-state index in [0.29, 0.717) is 5.69 Å². The number of hydrogen-bond donors (Lipinski definition) is 1. The molecule has 0 saturated heterocycles. The van der Waals surface area contributed by atoms with Crippen molar-refractivity contribution in [3.63, 3.8) is 0 Å². The maximum atomic E-state index is 14.1. The quantitative estimate of drug-likeness (QED) is 0.856. The Morgan fingerprint density at radius 2 is 1.76 bits per heavy atom. The van der Waals surface area contributed by atoms with Crippen LogP contribution in [0, 0.1) is 5.82 Å². The lowest BCUT2D eigenvalue weighted by Gasteiger charge is -2.28. The summed E-state index contributed by atoms with van der Waals surface area (Å²) in [7, 11) is -3.86. The molecule has 2 aromatic carbocycles. The lowest BCUT2D eigenvalue weighted by atomic mass is 10.1. The average Bonchev–Trinajstić information content (AvgIpc) is 2.56. The molecule has 0 fully saturated rings. The first-order valence-corrected chi connectivity index (χ1v) is 9.72. The smallest absolute Gasteiger partial charge is 0.247 e. The molecule has 0 radical (unpaired) electrons. The lowest BCUT2D eigenvalue weighted by Crippen LogP contribution is -2.45. The Balaban J connectivity index is 2.28. The highest BCUT2D eigenvalue weighted by atomic mass is 32.2. The van der Waals surface area contributed by atoms with Gasteiger partial charge in [-0.05, 0) is 43.2 Å². The zero-order valence-corrected chi connectivity index (χ0v) is 15.2. The Bertz CT molecular complexity index is 851. The molecule has 0 spiro atoms. The van der Waals surface area contributed by atoms with Crippen LogP contribution in [0.3, 0.4) is 0 Å². The Morgan fingerprint density at radius 3 is 2.28 bits per heavy atom. The zero-order valence-electron chi connectivity index (χ0n) is 14.4. The minimum Gasteiger partial charge on any atom is -0.324 e. The Kier molecular flexibility index (Phi) is 5.79. The van der Waals surface area contributed by atoms with Gasteiger partial charge in [-0.15, -0.1) is 0 Å². The zero-order chi connectivity index (χ0) is 18.6. The van der Waals surface area contributed by atoms with Crippen molar-refractivity contribution in [3.05, 3.63) is 59.9 Å². The molecule has 25 heavy (non-hydrogen) atoms. The van der Waals surface area contributed by atoms with E-state index in [9.17, 15) is 17.6 Å². The van der Waals surface area contributed by atoms with Crippen LogP contribution in [0.5, 0.6) is 0 Å². The summed E-state index contributed by atoms with van der Waals surface area (Å²) >= 11 is 0. The van der Waals surface area contributed by atoms with Gasteiger partial charge in [-0.1, -0.05) is 31.2 Å². The Labute approximate surface area is 147 Å². The molecule has 1 atom stereocenters. The van der Waals surface area contributed by atoms with Crippen molar-refractivity contribution in [1.29, 1.82) is 0 Å². The van der Waals surface area contributed by atoms with Crippen LogP contribution in [-0.2, 0) is 21.2 Å². The molecular formula is C18H21FN2O3S. The number of carbonyl (C=O) groups excluding carboxylic acids is 1. The number of benzene rings is 2. The standard InChI is InChI=1S/C18H21FN2O3S/c1-4-14-9-11-15(12-10-14)20-18(22)13(2)21(25(3,23)24)17-8-6-5-7-16(17)19/h5-13H,4H2,1-3H3,(H,20,22)/t13-/m0/s1. The largest absolute Gasteiger partial charge is 0.324 e. The van der Waals surface area contributed by atoms with Crippen molar-refractivity contribution >= 4 is 27.3 Å². The van der Waals surface area contributed by atoms with Crippen LogP contribution in [0.2, 0.25) is 0 Å². The number of nitrogens with one attached hydrogen (secondary N) is 1. The summed E-state index contributed by atoms with van der Waals surface area (Å²) in [6, 6.07) is 11.6. The first-order valence-electron chi connectivity index (χ1n) is 7.87. The number of rotatable bonds is 6. The van der Waals surface area contributed by atoms with Gasteiger partial charge in [0.25, 0.3) is 0 Å². The summed E-state index contributed by atoms with van der Waals surface area (Å²) in [5.41, 5.74) is 1.51. The molecular weight excluding hydrogens is 343 g/mol. The van der Waals surface area contributed by atoms with Crippen molar-refractivity contribution in [1.82, 2.24) is 0 Å². The molecule has 0 unspecified atom stereocenters. The first-order chi connectivity index (χ1) is 11.7. The first kappa shape index (κ1) is 18.9. The maximum Gasteiger partial charge on any atom is 0.247 e. The fraction of sp³-hybridized carbons (Fsp3) is 0.278. The minimum atomic E-state index is -3.86. The number of anilines is 2. The number of aryl methyl sites for hydroxylation is 1. The van der Waals surface area contributed by atoms with Crippen molar-refractivity contribution in [2.24, 2.45) is 0 Å². The van der Waals surface area contributed by atoms with E-state index in [2.05, 4.69) is 5.32 Å². The van der Waals surface area contributed by atoms with Crippen LogP contribution in [0.1, 0.15) is 19.4 Å². The van der Waals surface area contributed by atoms with Crippen molar-refractivity contribution < 1.29 is 17.6 Å². The van der Waals surface area contributed by atoms with Crippen LogP contribution in [-0.4, -0.2) is 26.6 Å². The van der Waals surface area contributed by atoms with Gasteiger partial charge in [-0.3, -0.25) is 9.10 Å². The van der Waals surface area contributed by atoms with Gasteiger partial charge in [0.15, 0.2) is 0 Å². The van der Waals surface area contributed by atoms with Gasteiger partial charge in [0, 0.05) is 5.69 Å². The minimum absolute atomic E-state index is 0.158. The second kappa shape index (κ2) is 7.65.